The lowest BCUT2D eigenvalue weighted by molar-refractivity contribution is 0.0946. The average molecular weight is 409 g/mol. The first-order valence-electron chi connectivity index (χ1n) is 11.2. The fraction of sp³-hybridized carbons (Fsp3) is 0.400. The molecule has 0 bridgehead atoms. The number of hydrogen-bond acceptors (Lipinski definition) is 3. The highest BCUT2D eigenvalue weighted by molar-refractivity contribution is 5.97. The maximum absolute atomic E-state index is 11.9. The van der Waals surface area contributed by atoms with Gasteiger partial charge in [0.25, 0.3) is 5.91 Å². The van der Waals surface area contributed by atoms with Crippen molar-refractivity contribution in [1.82, 2.24) is 20.3 Å². The second-order valence-corrected chi connectivity index (χ2v) is 5.95. The molecule has 0 atom stereocenters. The van der Waals surface area contributed by atoms with Crippen molar-refractivity contribution < 1.29 is 4.79 Å². The lowest BCUT2D eigenvalue weighted by Crippen LogP contribution is -2.31. The number of fused-ring (bicyclic) bond motifs is 1. The molecule has 0 aromatic carbocycles. The first-order chi connectivity index (χ1) is 14.7. The van der Waals surface area contributed by atoms with E-state index in [0.717, 1.165) is 46.6 Å². The number of aryl methyl sites for hydroxylation is 1. The van der Waals surface area contributed by atoms with Crippen LogP contribution in [0.15, 0.2) is 42.9 Å². The fourth-order valence-electron chi connectivity index (χ4n) is 3.03. The molecule has 5 heteroatoms. The summed E-state index contributed by atoms with van der Waals surface area (Å²) in [4.78, 5) is 24.1. The van der Waals surface area contributed by atoms with Crippen molar-refractivity contribution in [1.29, 1.82) is 0 Å². The van der Waals surface area contributed by atoms with Crippen LogP contribution < -0.4 is 5.32 Å². The summed E-state index contributed by atoms with van der Waals surface area (Å²) in [5.74, 6) is -0.00660. The molecule has 4 heterocycles. The third-order valence-corrected chi connectivity index (χ3v) is 4.37. The molecule has 2 N–H and O–H groups in total. The minimum atomic E-state index is -0.00660. The van der Waals surface area contributed by atoms with Crippen molar-refractivity contribution in [2.24, 2.45) is 0 Å². The Kier molecular flexibility index (Phi) is 11.1. The van der Waals surface area contributed by atoms with Gasteiger partial charge in [0.2, 0.25) is 0 Å². The number of amides is 1. The summed E-state index contributed by atoms with van der Waals surface area (Å²) < 4.78 is 0. The number of pyridine rings is 2. The van der Waals surface area contributed by atoms with E-state index in [2.05, 4.69) is 33.3 Å². The topological polar surface area (TPSA) is 70.7 Å². The molecule has 1 amide bonds. The van der Waals surface area contributed by atoms with Crippen LogP contribution in [0.25, 0.3) is 22.5 Å². The third kappa shape index (κ3) is 6.02. The predicted molar refractivity (Wildman–Crippen MR) is 127 cm³/mol. The maximum Gasteiger partial charge on any atom is 0.253 e. The van der Waals surface area contributed by atoms with Gasteiger partial charge in [-0.25, -0.2) is 0 Å². The van der Waals surface area contributed by atoms with E-state index in [0.29, 0.717) is 6.54 Å². The normalized spacial score (nSPS) is 11.4. The summed E-state index contributed by atoms with van der Waals surface area (Å²) in [5, 5.41) is 2.87. The number of aromatic amines is 1. The van der Waals surface area contributed by atoms with Crippen LogP contribution in [0.3, 0.4) is 0 Å². The van der Waals surface area contributed by atoms with Gasteiger partial charge >= 0.3 is 0 Å². The van der Waals surface area contributed by atoms with Crippen LogP contribution in [0, 0.1) is 0 Å². The van der Waals surface area contributed by atoms with Crippen LogP contribution in [0.1, 0.15) is 70.1 Å². The maximum atomic E-state index is 11.9. The van der Waals surface area contributed by atoms with Crippen molar-refractivity contribution in [2.75, 3.05) is 6.54 Å². The third-order valence-electron chi connectivity index (χ3n) is 4.37. The largest absolute Gasteiger partial charge is 0.358 e. The summed E-state index contributed by atoms with van der Waals surface area (Å²) in [7, 11) is 0. The van der Waals surface area contributed by atoms with Crippen molar-refractivity contribution in [3.8, 4) is 22.5 Å². The van der Waals surface area contributed by atoms with Crippen molar-refractivity contribution in [3.63, 3.8) is 0 Å². The van der Waals surface area contributed by atoms with Gasteiger partial charge in [-0.3, -0.25) is 14.8 Å². The molecule has 3 aromatic heterocycles. The molecule has 1 aliphatic rings. The minimum Gasteiger partial charge on any atom is -0.358 e. The van der Waals surface area contributed by atoms with Gasteiger partial charge in [0.15, 0.2) is 0 Å². The number of H-pyrrole nitrogens is 1. The molecule has 0 fully saturated rings. The molecule has 0 saturated carbocycles. The Hall–Kier alpha value is -2.95. The van der Waals surface area contributed by atoms with Gasteiger partial charge in [0.05, 0.1) is 11.3 Å². The lowest BCUT2D eigenvalue weighted by Gasteiger charge is -2.10. The molecule has 4 rings (SSSR count). The molecule has 0 unspecified atom stereocenters. The van der Waals surface area contributed by atoms with Gasteiger partial charge in [0.1, 0.15) is 0 Å². The van der Waals surface area contributed by atoms with Crippen LogP contribution in [0.5, 0.6) is 0 Å². The Morgan fingerprint density at radius 2 is 1.70 bits per heavy atom. The van der Waals surface area contributed by atoms with E-state index in [-0.39, 0.29) is 5.91 Å². The van der Waals surface area contributed by atoms with Crippen LogP contribution in [0.4, 0.5) is 0 Å². The van der Waals surface area contributed by atoms with E-state index in [9.17, 15) is 4.79 Å². The Morgan fingerprint density at radius 3 is 2.37 bits per heavy atom. The smallest absolute Gasteiger partial charge is 0.253 e. The Morgan fingerprint density at radius 1 is 0.967 bits per heavy atom. The van der Waals surface area contributed by atoms with Gasteiger partial charge in [-0.1, -0.05) is 48.5 Å². The number of rotatable bonds is 3. The number of carbonyl (C=O) groups is 1. The Labute approximate surface area is 181 Å². The number of carbonyl (C=O) groups excluding carboxylic acids is 1. The summed E-state index contributed by atoms with van der Waals surface area (Å²) in [6.07, 6.45) is 7.28. The standard InChI is InChI=1S/C19H18N4O.3C2H6/c1-2-12-7-14(11-20-10-12)17-8-13(3-5-21-17)18-9-15-16(23-18)4-6-22-19(15)24;3*1-2/h3,5,7-11,23H,2,4,6H2,1H3,(H,22,24);3*1-2H3. The molecule has 0 aliphatic carbocycles. The highest BCUT2D eigenvalue weighted by atomic mass is 16.1. The van der Waals surface area contributed by atoms with Gasteiger partial charge in [0, 0.05) is 54.1 Å². The van der Waals surface area contributed by atoms with E-state index in [1.807, 2.05) is 72.1 Å². The van der Waals surface area contributed by atoms with E-state index >= 15 is 0 Å². The zero-order valence-electron chi connectivity index (χ0n) is 19.5. The van der Waals surface area contributed by atoms with Crippen LogP contribution >= 0.6 is 0 Å². The second-order valence-electron chi connectivity index (χ2n) is 5.95. The van der Waals surface area contributed by atoms with Crippen LogP contribution in [-0.4, -0.2) is 27.4 Å². The zero-order valence-corrected chi connectivity index (χ0v) is 19.5. The first kappa shape index (κ1) is 25.1. The van der Waals surface area contributed by atoms with E-state index in [4.69, 9.17) is 0 Å². The van der Waals surface area contributed by atoms with Crippen molar-refractivity contribution >= 4 is 5.91 Å². The van der Waals surface area contributed by atoms with Gasteiger partial charge in [-0.15, -0.1) is 0 Å². The molecule has 3 aromatic rings. The first-order valence-corrected chi connectivity index (χ1v) is 11.2. The summed E-state index contributed by atoms with van der Waals surface area (Å²) in [5.41, 5.74) is 6.78. The molecule has 0 spiro atoms. The molecule has 1 aliphatic heterocycles. The summed E-state index contributed by atoms with van der Waals surface area (Å²) in [6, 6.07) is 8.03. The fourth-order valence-corrected chi connectivity index (χ4v) is 3.03. The minimum absolute atomic E-state index is 0.00660. The van der Waals surface area contributed by atoms with Gasteiger partial charge < -0.3 is 10.3 Å². The van der Waals surface area contributed by atoms with E-state index < -0.39 is 0 Å². The number of nitrogens with zero attached hydrogens (tertiary/aromatic N) is 2. The van der Waals surface area contributed by atoms with E-state index in [1.165, 1.54) is 5.56 Å². The quantitative estimate of drug-likeness (QED) is 0.553. The molecule has 0 radical (unpaired) electrons. The summed E-state index contributed by atoms with van der Waals surface area (Å²) >= 11 is 0. The SMILES string of the molecule is CC.CC.CC.CCc1cncc(-c2cc(-c3cc4c([nH]3)CCNC4=O)ccn2)c1. The molecule has 162 valence electrons. The highest BCUT2D eigenvalue weighted by Gasteiger charge is 2.20. The van der Waals surface area contributed by atoms with Gasteiger partial charge in [-0.2, -0.15) is 0 Å². The van der Waals surface area contributed by atoms with Crippen LogP contribution in [-0.2, 0) is 12.8 Å². The molecule has 5 nitrogen and oxygen atoms in total. The molecular formula is C25H36N4O. The number of nitrogens with one attached hydrogen (secondary N) is 2. The Balaban J connectivity index is 0.000000691. The molecule has 0 saturated heterocycles. The van der Waals surface area contributed by atoms with Crippen molar-refractivity contribution in [3.05, 3.63) is 59.7 Å². The number of aromatic nitrogens is 3. The molecular weight excluding hydrogens is 372 g/mol. The summed E-state index contributed by atoms with van der Waals surface area (Å²) in [6.45, 7) is 14.8. The highest BCUT2D eigenvalue weighted by Crippen LogP contribution is 2.27. The Bertz CT molecular complexity index is 915. The van der Waals surface area contributed by atoms with Crippen LogP contribution in [0.2, 0.25) is 0 Å². The van der Waals surface area contributed by atoms with E-state index in [1.54, 1.807) is 6.20 Å². The monoisotopic (exact) mass is 408 g/mol. The predicted octanol–water partition coefficient (Wildman–Crippen LogP) is 6.07. The van der Waals surface area contributed by atoms with Crippen molar-refractivity contribution in [2.45, 2.75) is 61.3 Å². The van der Waals surface area contributed by atoms with Gasteiger partial charge in [-0.05, 0) is 36.2 Å². The zero-order chi connectivity index (χ0) is 22.5. The molecule has 30 heavy (non-hydrogen) atoms. The lowest BCUT2D eigenvalue weighted by atomic mass is 10.1. The second kappa shape index (κ2) is 13.3. The number of hydrogen-bond donors (Lipinski definition) is 2. The average Bonchev–Trinajstić information content (AvgIpc) is 3.29.